The van der Waals surface area contributed by atoms with Crippen LogP contribution in [-0.2, 0) is 4.74 Å². The molecular formula is C17H24N2OS. The zero-order valence-electron chi connectivity index (χ0n) is 13.1. The van der Waals surface area contributed by atoms with Gasteiger partial charge in [0.2, 0.25) is 0 Å². The third-order valence-electron chi connectivity index (χ3n) is 4.64. The fourth-order valence-electron chi connectivity index (χ4n) is 3.46. The zero-order valence-corrected chi connectivity index (χ0v) is 13.9. The molecule has 3 nitrogen and oxygen atoms in total. The van der Waals surface area contributed by atoms with Crippen LogP contribution in [0.3, 0.4) is 0 Å². The van der Waals surface area contributed by atoms with Crippen LogP contribution in [0, 0.1) is 0 Å². The van der Waals surface area contributed by atoms with Crippen LogP contribution < -0.4 is 5.32 Å². The van der Waals surface area contributed by atoms with E-state index in [1.165, 1.54) is 15.6 Å². The summed E-state index contributed by atoms with van der Waals surface area (Å²) in [5, 5.41) is 7.09. The van der Waals surface area contributed by atoms with Crippen LogP contribution in [0.4, 0.5) is 0 Å². The number of morpholine rings is 1. The van der Waals surface area contributed by atoms with Crippen molar-refractivity contribution in [3.05, 3.63) is 35.2 Å². The first kappa shape index (κ1) is 15.0. The first-order chi connectivity index (χ1) is 10.1. The fourth-order valence-corrected chi connectivity index (χ4v) is 4.40. The van der Waals surface area contributed by atoms with E-state index < -0.39 is 0 Å². The van der Waals surface area contributed by atoms with Crippen molar-refractivity contribution >= 4 is 21.4 Å². The van der Waals surface area contributed by atoms with Crippen LogP contribution in [0.25, 0.3) is 10.1 Å². The molecule has 0 radical (unpaired) electrons. The van der Waals surface area contributed by atoms with E-state index in [9.17, 15) is 0 Å². The summed E-state index contributed by atoms with van der Waals surface area (Å²) in [7, 11) is 2.07. The number of benzene rings is 1. The number of thiophene rings is 1. The zero-order chi connectivity index (χ0) is 14.9. The molecule has 1 aromatic heterocycles. The van der Waals surface area contributed by atoms with E-state index in [0.29, 0.717) is 6.04 Å². The van der Waals surface area contributed by atoms with Gasteiger partial charge in [0.15, 0.2) is 0 Å². The lowest BCUT2D eigenvalue weighted by molar-refractivity contribution is -0.0227. The van der Waals surface area contributed by atoms with E-state index in [0.717, 1.165) is 26.3 Å². The predicted molar refractivity (Wildman–Crippen MR) is 90.1 cm³/mol. The smallest absolute Gasteiger partial charge is 0.0594 e. The Kier molecular flexibility index (Phi) is 4.31. The van der Waals surface area contributed by atoms with Crippen molar-refractivity contribution in [3.8, 4) is 0 Å². The molecule has 0 amide bonds. The molecule has 1 N–H and O–H groups in total. The standard InChI is InChI=1S/C17H24N2OS/c1-17(2,19-8-10-20-11-9-19)16(18-3)14-6-4-5-13-7-12-21-15(13)14/h4-7,12,16,18H,8-11H2,1-3H3. The van der Waals surface area contributed by atoms with Crippen LogP contribution in [0.15, 0.2) is 29.6 Å². The summed E-state index contributed by atoms with van der Waals surface area (Å²) in [5.41, 5.74) is 1.46. The van der Waals surface area contributed by atoms with E-state index in [2.05, 4.69) is 60.8 Å². The van der Waals surface area contributed by atoms with Crippen molar-refractivity contribution in [3.63, 3.8) is 0 Å². The van der Waals surface area contributed by atoms with Crippen LogP contribution in [0.5, 0.6) is 0 Å². The minimum Gasteiger partial charge on any atom is -0.379 e. The molecule has 0 spiro atoms. The number of nitrogens with zero attached hydrogens (tertiary/aromatic N) is 1. The number of fused-ring (bicyclic) bond motifs is 1. The second-order valence-corrected chi connectivity index (χ2v) is 7.08. The maximum absolute atomic E-state index is 5.51. The minimum atomic E-state index is 0.0524. The number of nitrogens with one attached hydrogen (secondary N) is 1. The molecule has 2 aromatic rings. The molecule has 4 heteroatoms. The number of hydrogen-bond acceptors (Lipinski definition) is 4. The van der Waals surface area contributed by atoms with Gasteiger partial charge in [-0.05, 0) is 43.3 Å². The highest BCUT2D eigenvalue weighted by Crippen LogP contribution is 2.37. The van der Waals surface area contributed by atoms with Gasteiger partial charge in [-0.1, -0.05) is 18.2 Å². The highest BCUT2D eigenvalue weighted by Gasteiger charge is 2.37. The van der Waals surface area contributed by atoms with Crippen molar-refractivity contribution in [2.75, 3.05) is 33.4 Å². The SMILES string of the molecule is CNC(c1cccc2ccsc12)C(C)(C)N1CCOCC1. The quantitative estimate of drug-likeness (QED) is 0.938. The first-order valence-electron chi connectivity index (χ1n) is 7.61. The monoisotopic (exact) mass is 304 g/mol. The van der Waals surface area contributed by atoms with Gasteiger partial charge in [0.1, 0.15) is 0 Å². The molecular weight excluding hydrogens is 280 g/mol. The molecule has 1 aliphatic heterocycles. The van der Waals surface area contributed by atoms with Crippen molar-refractivity contribution < 1.29 is 4.74 Å². The van der Waals surface area contributed by atoms with E-state index in [-0.39, 0.29) is 5.54 Å². The van der Waals surface area contributed by atoms with Crippen molar-refractivity contribution in [1.29, 1.82) is 0 Å². The van der Waals surface area contributed by atoms with Crippen molar-refractivity contribution in [2.45, 2.75) is 25.4 Å². The Bertz CT molecular complexity index is 602. The molecule has 3 rings (SSSR count). The molecule has 0 saturated carbocycles. The predicted octanol–water partition coefficient (Wildman–Crippen LogP) is 3.27. The summed E-state index contributed by atoms with van der Waals surface area (Å²) in [4.78, 5) is 2.55. The van der Waals surface area contributed by atoms with Gasteiger partial charge in [-0.3, -0.25) is 4.90 Å². The molecule has 21 heavy (non-hydrogen) atoms. The van der Waals surface area contributed by atoms with Gasteiger partial charge in [-0.2, -0.15) is 0 Å². The lowest BCUT2D eigenvalue weighted by atomic mass is 9.86. The maximum Gasteiger partial charge on any atom is 0.0594 e. The normalized spacial score (nSPS) is 19.0. The average Bonchev–Trinajstić information content (AvgIpc) is 2.98. The van der Waals surface area contributed by atoms with Crippen LogP contribution in [0.1, 0.15) is 25.5 Å². The van der Waals surface area contributed by atoms with Crippen molar-refractivity contribution in [2.24, 2.45) is 0 Å². The topological polar surface area (TPSA) is 24.5 Å². The van der Waals surface area contributed by atoms with E-state index in [1.807, 2.05) is 11.3 Å². The molecule has 114 valence electrons. The minimum absolute atomic E-state index is 0.0524. The second kappa shape index (κ2) is 6.05. The van der Waals surface area contributed by atoms with Crippen molar-refractivity contribution in [1.82, 2.24) is 10.2 Å². The fraction of sp³-hybridized carbons (Fsp3) is 0.529. The highest BCUT2D eigenvalue weighted by atomic mass is 32.1. The Morgan fingerprint density at radius 1 is 1.24 bits per heavy atom. The molecule has 2 heterocycles. The largest absolute Gasteiger partial charge is 0.379 e. The summed E-state index contributed by atoms with van der Waals surface area (Å²) in [5.74, 6) is 0. The Morgan fingerprint density at radius 2 is 2.00 bits per heavy atom. The molecule has 1 atom stereocenters. The number of rotatable bonds is 4. The number of hydrogen-bond donors (Lipinski definition) is 1. The van der Waals surface area contributed by atoms with Crippen LogP contribution in [0.2, 0.25) is 0 Å². The molecule has 1 aliphatic rings. The molecule has 1 unspecified atom stereocenters. The molecule has 0 bridgehead atoms. The van der Waals surface area contributed by atoms with Gasteiger partial charge in [-0.15, -0.1) is 11.3 Å². The second-order valence-electron chi connectivity index (χ2n) is 6.16. The molecule has 1 fully saturated rings. The number of likely N-dealkylation sites (N-methyl/N-ethyl adjacent to an activating group) is 1. The van der Waals surface area contributed by atoms with E-state index in [4.69, 9.17) is 4.74 Å². The van der Waals surface area contributed by atoms with E-state index in [1.54, 1.807) is 0 Å². The maximum atomic E-state index is 5.51. The molecule has 1 aromatic carbocycles. The van der Waals surface area contributed by atoms with Gasteiger partial charge >= 0.3 is 0 Å². The summed E-state index contributed by atoms with van der Waals surface area (Å²) < 4.78 is 6.91. The summed E-state index contributed by atoms with van der Waals surface area (Å²) in [6, 6.07) is 9.14. The lowest BCUT2D eigenvalue weighted by Crippen LogP contribution is -2.55. The Labute approximate surface area is 130 Å². The summed E-state index contributed by atoms with van der Waals surface area (Å²) in [6.45, 7) is 8.36. The van der Waals surface area contributed by atoms with Gasteiger partial charge < -0.3 is 10.1 Å². The third-order valence-corrected chi connectivity index (χ3v) is 5.62. The first-order valence-corrected chi connectivity index (χ1v) is 8.48. The highest BCUT2D eigenvalue weighted by molar-refractivity contribution is 7.17. The summed E-state index contributed by atoms with van der Waals surface area (Å²) >= 11 is 1.84. The Hall–Kier alpha value is -0.940. The lowest BCUT2D eigenvalue weighted by Gasteiger charge is -2.46. The van der Waals surface area contributed by atoms with Gasteiger partial charge in [0, 0.05) is 23.3 Å². The van der Waals surface area contributed by atoms with Gasteiger partial charge in [0.25, 0.3) is 0 Å². The van der Waals surface area contributed by atoms with Crippen LogP contribution >= 0.6 is 11.3 Å². The number of ether oxygens (including phenoxy) is 1. The molecule has 0 aliphatic carbocycles. The van der Waals surface area contributed by atoms with E-state index >= 15 is 0 Å². The average molecular weight is 304 g/mol. The summed E-state index contributed by atoms with van der Waals surface area (Å²) in [6.07, 6.45) is 0. The van der Waals surface area contributed by atoms with Crippen LogP contribution in [-0.4, -0.2) is 43.8 Å². The third kappa shape index (κ3) is 2.73. The molecule has 1 saturated heterocycles. The Balaban J connectivity index is 1.98. The van der Waals surface area contributed by atoms with Gasteiger partial charge in [-0.25, -0.2) is 0 Å². The van der Waals surface area contributed by atoms with Gasteiger partial charge in [0.05, 0.1) is 19.3 Å². The Morgan fingerprint density at radius 3 is 2.71 bits per heavy atom.